The van der Waals surface area contributed by atoms with Gasteiger partial charge in [0.2, 0.25) is 0 Å². The highest BCUT2D eigenvalue weighted by molar-refractivity contribution is 6.29. The Bertz CT molecular complexity index is 415. The summed E-state index contributed by atoms with van der Waals surface area (Å²) in [6.45, 7) is 0.461. The van der Waals surface area contributed by atoms with E-state index < -0.39 is 11.5 Å². The second kappa shape index (κ2) is 6.38. The minimum Gasteiger partial charge on any atom is -0.352 e. The van der Waals surface area contributed by atoms with Crippen LogP contribution in [-0.4, -0.2) is 18.1 Å². The summed E-state index contributed by atoms with van der Waals surface area (Å²) in [5, 5.41) is 2.65. The molecule has 1 saturated carbocycles. The zero-order valence-electron chi connectivity index (χ0n) is 10.9. The number of nitrogens with one attached hydrogen (secondary N) is 1. The maximum atomic E-state index is 12.7. The minimum atomic E-state index is -1.96. The van der Waals surface area contributed by atoms with Crippen LogP contribution in [0.25, 0.3) is 0 Å². The zero-order chi connectivity index (χ0) is 13.7. The van der Waals surface area contributed by atoms with E-state index in [2.05, 4.69) is 17.4 Å². The SMILES string of the molecule is O=C(NCC1(c2ccccc2)CCCCC1)C(F)Cl. The van der Waals surface area contributed by atoms with Crippen molar-refractivity contribution in [3.63, 3.8) is 0 Å². The number of alkyl halides is 2. The van der Waals surface area contributed by atoms with E-state index >= 15 is 0 Å². The molecular weight excluding hydrogens is 265 g/mol. The number of rotatable bonds is 4. The Hall–Kier alpha value is -1.09. The Morgan fingerprint density at radius 3 is 2.47 bits per heavy atom. The van der Waals surface area contributed by atoms with Crippen LogP contribution in [0, 0.1) is 0 Å². The van der Waals surface area contributed by atoms with Gasteiger partial charge in [-0.1, -0.05) is 61.2 Å². The van der Waals surface area contributed by atoms with E-state index in [1.54, 1.807) is 0 Å². The highest BCUT2D eigenvalue weighted by atomic mass is 35.5. The van der Waals surface area contributed by atoms with E-state index in [9.17, 15) is 9.18 Å². The maximum absolute atomic E-state index is 12.7. The lowest BCUT2D eigenvalue weighted by atomic mass is 9.69. The van der Waals surface area contributed by atoms with E-state index in [0.29, 0.717) is 6.54 Å². The van der Waals surface area contributed by atoms with Crippen molar-refractivity contribution < 1.29 is 9.18 Å². The summed E-state index contributed by atoms with van der Waals surface area (Å²) < 4.78 is 12.7. The number of halogens is 2. The molecule has 104 valence electrons. The molecule has 1 aliphatic rings. The summed E-state index contributed by atoms with van der Waals surface area (Å²) in [4.78, 5) is 11.3. The number of carbonyl (C=O) groups excluding carboxylic acids is 1. The predicted molar refractivity (Wildman–Crippen MR) is 75.0 cm³/mol. The van der Waals surface area contributed by atoms with Gasteiger partial charge < -0.3 is 5.32 Å². The number of hydrogen-bond donors (Lipinski definition) is 1. The Morgan fingerprint density at radius 1 is 1.26 bits per heavy atom. The van der Waals surface area contributed by atoms with Gasteiger partial charge in [0, 0.05) is 12.0 Å². The summed E-state index contributed by atoms with van der Waals surface area (Å²) in [6, 6.07) is 10.2. The summed E-state index contributed by atoms with van der Waals surface area (Å²) in [6.07, 6.45) is 5.56. The molecule has 0 radical (unpaired) electrons. The first-order chi connectivity index (χ1) is 9.14. The third kappa shape index (κ3) is 3.47. The summed E-state index contributed by atoms with van der Waals surface area (Å²) in [7, 11) is 0. The lowest BCUT2D eigenvalue weighted by Gasteiger charge is -2.38. The van der Waals surface area contributed by atoms with Crippen LogP contribution in [0.15, 0.2) is 30.3 Å². The molecule has 0 aliphatic heterocycles. The van der Waals surface area contributed by atoms with E-state index in [0.717, 1.165) is 25.7 Å². The van der Waals surface area contributed by atoms with Crippen molar-refractivity contribution in [2.45, 2.75) is 43.1 Å². The second-order valence-corrected chi connectivity index (χ2v) is 5.61. The Morgan fingerprint density at radius 2 is 1.89 bits per heavy atom. The molecule has 1 amide bonds. The van der Waals surface area contributed by atoms with Gasteiger partial charge in [-0.2, -0.15) is 0 Å². The van der Waals surface area contributed by atoms with E-state index in [1.807, 2.05) is 18.2 Å². The van der Waals surface area contributed by atoms with Crippen LogP contribution in [-0.2, 0) is 10.2 Å². The predicted octanol–water partition coefficient (Wildman–Crippen LogP) is 3.54. The summed E-state index contributed by atoms with van der Waals surface area (Å²) >= 11 is 5.16. The molecule has 0 spiro atoms. The topological polar surface area (TPSA) is 29.1 Å². The summed E-state index contributed by atoms with van der Waals surface area (Å²) in [5.74, 6) is -0.734. The van der Waals surface area contributed by atoms with Gasteiger partial charge >= 0.3 is 0 Å². The van der Waals surface area contributed by atoms with Gasteiger partial charge in [0.05, 0.1) is 0 Å². The molecule has 1 fully saturated rings. The van der Waals surface area contributed by atoms with Gasteiger partial charge in [-0.3, -0.25) is 4.79 Å². The van der Waals surface area contributed by atoms with Crippen LogP contribution >= 0.6 is 11.6 Å². The smallest absolute Gasteiger partial charge is 0.270 e. The third-order valence-corrected chi connectivity index (χ3v) is 4.19. The molecule has 4 heteroatoms. The highest BCUT2D eigenvalue weighted by Gasteiger charge is 2.34. The normalized spacial score (nSPS) is 19.7. The molecule has 0 heterocycles. The molecule has 0 aromatic heterocycles. The molecule has 1 N–H and O–H groups in total. The van der Waals surface area contributed by atoms with Gasteiger partial charge in [0.15, 0.2) is 0 Å². The minimum absolute atomic E-state index is 0.0685. The molecule has 19 heavy (non-hydrogen) atoms. The van der Waals surface area contributed by atoms with Crippen molar-refractivity contribution in [1.82, 2.24) is 5.32 Å². The van der Waals surface area contributed by atoms with Crippen LogP contribution < -0.4 is 5.32 Å². The fourth-order valence-corrected chi connectivity index (χ4v) is 3.00. The van der Waals surface area contributed by atoms with Gasteiger partial charge in [0.25, 0.3) is 11.5 Å². The fourth-order valence-electron chi connectivity index (χ4n) is 2.92. The largest absolute Gasteiger partial charge is 0.352 e. The molecule has 1 aromatic carbocycles. The van der Waals surface area contributed by atoms with E-state index in [1.165, 1.54) is 12.0 Å². The van der Waals surface area contributed by atoms with E-state index in [-0.39, 0.29) is 5.41 Å². The van der Waals surface area contributed by atoms with Gasteiger partial charge in [-0.05, 0) is 18.4 Å². The summed E-state index contributed by atoms with van der Waals surface area (Å²) in [5.41, 5.74) is -0.808. The van der Waals surface area contributed by atoms with Crippen molar-refractivity contribution in [1.29, 1.82) is 0 Å². The lowest BCUT2D eigenvalue weighted by Crippen LogP contribution is -2.43. The molecule has 2 rings (SSSR count). The van der Waals surface area contributed by atoms with Crippen molar-refractivity contribution in [2.75, 3.05) is 6.54 Å². The first-order valence-electron chi connectivity index (χ1n) is 6.75. The Labute approximate surface area is 118 Å². The van der Waals surface area contributed by atoms with Crippen molar-refractivity contribution in [2.24, 2.45) is 0 Å². The van der Waals surface area contributed by atoms with Gasteiger partial charge in [0.1, 0.15) is 0 Å². The second-order valence-electron chi connectivity index (χ2n) is 5.23. The van der Waals surface area contributed by atoms with Crippen LogP contribution in [0.3, 0.4) is 0 Å². The lowest BCUT2D eigenvalue weighted by molar-refractivity contribution is -0.123. The number of hydrogen-bond acceptors (Lipinski definition) is 1. The first kappa shape index (κ1) is 14.3. The average molecular weight is 284 g/mol. The molecule has 0 saturated heterocycles. The molecule has 0 bridgehead atoms. The number of benzene rings is 1. The monoisotopic (exact) mass is 283 g/mol. The number of carbonyl (C=O) groups is 1. The van der Waals surface area contributed by atoms with Crippen molar-refractivity contribution >= 4 is 17.5 Å². The van der Waals surface area contributed by atoms with E-state index in [4.69, 9.17) is 11.6 Å². The highest BCUT2D eigenvalue weighted by Crippen LogP contribution is 2.38. The standard InChI is InChI=1S/C15H19ClFNO/c16-13(17)14(19)18-11-15(9-5-2-6-10-15)12-7-3-1-4-8-12/h1,3-4,7-8,13H,2,5-6,9-11H2,(H,18,19). The molecule has 2 nitrogen and oxygen atoms in total. The molecular formula is C15H19ClFNO. The van der Waals surface area contributed by atoms with Gasteiger partial charge in [-0.25, -0.2) is 4.39 Å². The zero-order valence-corrected chi connectivity index (χ0v) is 11.6. The quantitative estimate of drug-likeness (QED) is 0.842. The van der Waals surface area contributed by atoms with Crippen molar-refractivity contribution in [3.05, 3.63) is 35.9 Å². The molecule has 1 unspecified atom stereocenters. The molecule has 1 atom stereocenters. The number of amides is 1. The Kier molecular flexibility index (Phi) is 4.81. The fraction of sp³-hybridized carbons (Fsp3) is 0.533. The first-order valence-corrected chi connectivity index (χ1v) is 7.19. The molecule has 1 aliphatic carbocycles. The van der Waals surface area contributed by atoms with Crippen molar-refractivity contribution in [3.8, 4) is 0 Å². The van der Waals surface area contributed by atoms with Crippen LogP contribution in [0.2, 0.25) is 0 Å². The van der Waals surface area contributed by atoms with Crippen LogP contribution in [0.1, 0.15) is 37.7 Å². The van der Waals surface area contributed by atoms with Crippen LogP contribution in [0.4, 0.5) is 4.39 Å². The van der Waals surface area contributed by atoms with Gasteiger partial charge in [-0.15, -0.1) is 0 Å². The molecule has 1 aromatic rings. The third-order valence-electron chi connectivity index (χ3n) is 4.00. The maximum Gasteiger partial charge on any atom is 0.270 e. The average Bonchev–Trinajstić information content (AvgIpc) is 2.46. The van der Waals surface area contributed by atoms with Crippen LogP contribution in [0.5, 0.6) is 0 Å². The Balaban J connectivity index is 2.14.